The maximum absolute atomic E-state index is 14.3. The normalized spacial score (nSPS) is 22.2. The number of hydrogen-bond donors (Lipinski definition) is 0. The molecule has 1 saturated heterocycles. The Morgan fingerprint density at radius 3 is 2.87 bits per heavy atom. The molecule has 2 aliphatic heterocycles. The van der Waals surface area contributed by atoms with Crippen molar-refractivity contribution in [2.45, 2.75) is 58.7 Å². The lowest BCUT2D eigenvalue weighted by Crippen LogP contribution is -2.41. The summed E-state index contributed by atoms with van der Waals surface area (Å²) < 4.78 is 16.2. The second kappa shape index (κ2) is 8.67. The van der Waals surface area contributed by atoms with Gasteiger partial charge in [-0.15, -0.1) is 0 Å². The van der Waals surface area contributed by atoms with Gasteiger partial charge in [0.15, 0.2) is 0 Å². The molecule has 2 aliphatic rings. The van der Waals surface area contributed by atoms with Crippen LogP contribution >= 0.6 is 11.6 Å². The first-order chi connectivity index (χ1) is 14.3. The minimum absolute atomic E-state index is 0.227. The molecule has 4 rings (SSSR count). The van der Waals surface area contributed by atoms with E-state index in [1.807, 2.05) is 16.5 Å². The van der Waals surface area contributed by atoms with Gasteiger partial charge in [0.1, 0.15) is 5.82 Å². The van der Waals surface area contributed by atoms with Crippen LogP contribution in [-0.2, 0) is 24.3 Å². The number of likely N-dealkylation sites (tertiary alicyclic amines) is 1. The van der Waals surface area contributed by atoms with Gasteiger partial charge in [-0.2, -0.15) is 5.10 Å². The van der Waals surface area contributed by atoms with E-state index in [1.54, 1.807) is 12.1 Å². The SMILES string of the molecule is Cc1nn(Cc2ccc(Cl)cc2F)c2c1CCN(C(=O)CC1CCN(C)C(C)C1)C2. The Morgan fingerprint density at radius 2 is 2.13 bits per heavy atom. The number of hydrogen-bond acceptors (Lipinski definition) is 3. The number of aryl methyl sites for hydroxylation is 1. The van der Waals surface area contributed by atoms with Crippen molar-refractivity contribution < 1.29 is 9.18 Å². The minimum Gasteiger partial charge on any atom is -0.336 e. The quantitative estimate of drug-likeness (QED) is 0.732. The average Bonchev–Trinajstić information content (AvgIpc) is 3.02. The highest BCUT2D eigenvalue weighted by Crippen LogP contribution is 2.28. The molecule has 2 atom stereocenters. The van der Waals surface area contributed by atoms with Gasteiger partial charge in [-0.25, -0.2) is 4.39 Å². The summed E-state index contributed by atoms with van der Waals surface area (Å²) >= 11 is 5.88. The molecule has 1 amide bonds. The maximum atomic E-state index is 14.3. The summed E-state index contributed by atoms with van der Waals surface area (Å²) in [6.07, 6.45) is 3.58. The van der Waals surface area contributed by atoms with Crippen molar-refractivity contribution in [1.29, 1.82) is 0 Å². The number of aromatic nitrogens is 2. The van der Waals surface area contributed by atoms with Crippen LogP contribution < -0.4 is 0 Å². The molecular formula is C23H30ClFN4O. The lowest BCUT2D eigenvalue weighted by Gasteiger charge is -2.36. The predicted molar refractivity (Wildman–Crippen MR) is 116 cm³/mol. The maximum Gasteiger partial charge on any atom is 0.223 e. The third-order valence-electron chi connectivity index (χ3n) is 6.81. The first kappa shape index (κ1) is 21.3. The van der Waals surface area contributed by atoms with E-state index in [1.165, 1.54) is 11.6 Å². The zero-order valence-electron chi connectivity index (χ0n) is 18.0. The number of amides is 1. The fourth-order valence-corrected chi connectivity index (χ4v) is 4.94. The van der Waals surface area contributed by atoms with Crippen molar-refractivity contribution >= 4 is 17.5 Å². The minimum atomic E-state index is -0.329. The first-order valence-electron chi connectivity index (χ1n) is 10.8. The van der Waals surface area contributed by atoms with E-state index in [9.17, 15) is 9.18 Å². The van der Waals surface area contributed by atoms with Crippen LogP contribution in [0.5, 0.6) is 0 Å². The van der Waals surface area contributed by atoms with Gasteiger partial charge in [-0.1, -0.05) is 17.7 Å². The van der Waals surface area contributed by atoms with Crippen LogP contribution in [0.3, 0.4) is 0 Å². The van der Waals surface area contributed by atoms with Crippen LogP contribution in [0.1, 0.15) is 48.7 Å². The molecule has 0 aliphatic carbocycles. The highest BCUT2D eigenvalue weighted by atomic mass is 35.5. The Balaban J connectivity index is 1.47. The summed E-state index contributed by atoms with van der Waals surface area (Å²) in [4.78, 5) is 17.4. The summed E-state index contributed by atoms with van der Waals surface area (Å²) in [5.41, 5.74) is 3.74. The Labute approximate surface area is 182 Å². The van der Waals surface area contributed by atoms with E-state index in [0.29, 0.717) is 42.1 Å². The van der Waals surface area contributed by atoms with Crippen LogP contribution in [-0.4, -0.2) is 51.7 Å². The Bertz CT molecular complexity index is 944. The van der Waals surface area contributed by atoms with Gasteiger partial charge in [-0.3, -0.25) is 9.48 Å². The van der Waals surface area contributed by atoms with Crippen LogP contribution in [0.4, 0.5) is 4.39 Å². The third kappa shape index (κ3) is 4.40. The molecule has 30 heavy (non-hydrogen) atoms. The van der Waals surface area contributed by atoms with E-state index in [4.69, 9.17) is 11.6 Å². The van der Waals surface area contributed by atoms with Crippen molar-refractivity contribution in [1.82, 2.24) is 19.6 Å². The fourth-order valence-electron chi connectivity index (χ4n) is 4.78. The second-order valence-corrected chi connectivity index (χ2v) is 9.33. The predicted octanol–water partition coefficient (Wildman–Crippen LogP) is 4.04. The molecule has 0 saturated carbocycles. The van der Waals surface area contributed by atoms with Crippen molar-refractivity contribution in [2.75, 3.05) is 20.1 Å². The largest absolute Gasteiger partial charge is 0.336 e. The molecular weight excluding hydrogens is 403 g/mol. The Morgan fingerprint density at radius 1 is 1.33 bits per heavy atom. The molecule has 1 aromatic carbocycles. The lowest BCUT2D eigenvalue weighted by molar-refractivity contribution is -0.133. The van der Waals surface area contributed by atoms with Gasteiger partial charge >= 0.3 is 0 Å². The number of rotatable bonds is 4. The van der Waals surface area contributed by atoms with Gasteiger partial charge in [-0.05, 0) is 70.3 Å². The lowest BCUT2D eigenvalue weighted by atomic mass is 9.88. The zero-order chi connectivity index (χ0) is 21.4. The van der Waals surface area contributed by atoms with Gasteiger partial charge < -0.3 is 9.80 Å². The monoisotopic (exact) mass is 432 g/mol. The van der Waals surface area contributed by atoms with E-state index in [-0.39, 0.29) is 11.7 Å². The Hall–Kier alpha value is -1.92. The van der Waals surface area contributed by atoms with Gasteiger partial charge in [0, 0.05) is 29.6 Å². The topological polar surface area (TPSA) is 41.4 Å². The summed E-state index contributed by atoms with van der Waals surface area (Å²) in [6.45, 7) is 6.91. The molecule has 0 N–H and O–H groups in total. The molecule has 0 bridgehead atoms. The number of halogens is 2. The highest BCUT2D eigenvalue weighted by Gasteiger charge is 2.30. The number of carbonyl (C=O) groups excluding carboxylic acids is 1. The summed E-state index contributed by atoms with van der Waals surface area (Å²) in [5.74, 6) is 0.356. The van der Waals surface area contributed by atoms with Crippen molar-refractivity contribution in [3.05, 3.63) is 51.6 Å². The third-order valence-corrected chi connectivity index (χ3v) is 7.04. The van der Waals surface area contributed by atoms with E-state index in [2.05, 4.69) is 24.0 Å². The molecule has 2 unspecified atom stereocenters. The number of carbonyl (C=O) groups is 1. The van der Waals surface area contributed by atoms with Crippen LogP contribution in [0.2, 0.25) is 5.02 Å². The second-order valence-electron chi connectivity index (χ2n) is 8.89. The molecule has 0 spiro atoms. The van der Waals surface area contributed by atoms with Crippen molar-refractivity contribution in [2.24, 2.45) is 5.92 Å². The van der Waals surface area contributed by atoms with Gasteiger partial charge in [0.25, 0.3) is 0 Å². The molecule has 1 aromatic heterocycles. The number of nitrogens with zero attached hydrogens (tertiary/aromatic N) is 4. The molecule has 162 valence electrons. The van der Waals surface area contributed by atoms with Crippen LogP contribution in [0.15, 0.2) is 18.2 Å². The zero-order valence-corrected chi connectivity index (χ0v) is 18.8. The first-order valence-corrected chi connectivity index (χ1v) is 11.2. The summed E-state index contributed by atoms with van der Waals surface area (Å²) in [5, 5.41) is 5.04. The molecule has 5 nitrogen and oxygen atoms in total. The van der Waals surface area contributed by atoms with E-state index >= 15 is 0 Å². The average molecular weight is 433 g/mol. The van der Waals surface area contributed by atoms with Gasteiger partial charge in [0.05, 0.1) is 24.5 Å². The smallest absolute Gasteiger partial charge is 0.223 e. The summed E-state index contributed by atoms with van der Waals surface area (Å²) in [6, 6.07) is 5.26. The van der Waals surface area contributed by atoms with E-state index < -0.39 is 0 Å². The number of fused-ring (bicyclic) bond motifs is 1. The fraction of sp³-hybridized carbons (Fsp3) is 0.565. The molecule has 0 radical (unpaired) electrons. The highest BCUT2D eigenvalue weighted by molar-refractivity contribution is 6.30. The van der Waals surface area contributed by atoms with Gasteiger partial charge in [0.2, 0.25) is 5.91 Å². The standard InChI is InChI=1S/C23H30ClFN4O/c1-15-10-17(6-8-27(15)3)11-23(30)28-9-7-20-16(2)26-29(22(20)14-28)13-18-4-5-19(24)12-21(18)25/h4-5,12,15,17H,6-11,13-14H2,1-3H3. The van der Waals surface area contributed by atoms with Crippen LogP contribution in [0, 0.1) is 18.7 Å². The molecule has 2 aromatic rings. The van der Waals surface area contributed by atoms with Crippen molar-refractivity contribution in [3.8, 4) is 0 Å². The molecule has 1 fully saturated rings. The molecule has 3 heterocycles. The summed E-state index contributed by atoms with van der Waals surface area (Å²) in [7, 11) is 2.15. The number of piperidine rings is 1. The molecule has 7 heteroatoms. The van der Waals surface area contributed by atoms with Crippen LogP contribution in [0.25, 0.3) is 0 Å². The van der Waals surface area contributed by atoms with Crippen molar-refractivity contribution in [3.63, 3.8) is 0 Å². The Kier molecular flexibility index (Phi) is 6.16. The van der Waals surface area contributed by atoms with E-state index in [0.717, 1.165) is 43.7 Å². The number of benzene rings is 1.